The average molecular weight is 607 g/mol. The van der Waals surface area contributed by atoms with Crippen LogP contribution >= 0.6 is 22.6 Å². The molecule has 10 heteroatoms. The molecular formula is C26H34IN5O4. The number of carbonyl (C=O) groups is 1. The van der Waals surface area contributed by atoms with Crippen molar-refractivity contribution in [2.45, 2.75) is 70.7 Å². The molecule has 0 aliphatic heterocycles. The maximum absolute atomic E-state index is 12.3. The third-order valence-electron chi connectivity index (χ3n) is 6.23. The third-order valence-corrected chi connectivity index (χ3v) is 6.99. The van der Waals surface area contributed by atoms with Crippen LogP contribution in [0.1, 0.15) is 58.1 Å². The van der Waals surface area contributed by atoms with Crippen LogP contribution in [0.4, 0.5) is 10.6 Å². The van der Waals surface area contributed by atoms with E-state index in [0.717, 1.165) is 63.2 Å². The van der Waals surface area contributed by atoms with E-state index in [2.05, 4.69) is 42.9 Å². The van der Waals surface area contributed by atoms with Gasteiger partial charge in [0.2, 0.25) is 0 Å². The van der Waals surface area contributed by atoms with Gasteiger partial charge >= 0.3 is 6.09 Å². The number of benzene rings is 1. The van der Waals surface area contributed by atoms with E-state index < -0.39 is 5.60 Å². The first-order chi connectivity index (χ1) is 17.2. The van der Waals surface area contributed by atoms with Gasteiger partial charge in [-0.15, -0.1) is 0 Å². The molecule has 2 heterocycles. The highest BCUT2D eigenvalue weighted by Crippen LogP contribution is 2.35. The number of methoxy groups -OCH3 is 2. The predicted octanol–water partition coefficient (Wildman–Crippen LogP) is 5.67. The van der Waals surface area contributed by atoms with Gasteiger partial charge in [-0.25, -0.2) is 9.78 Å². The van der Waals surface area contributed by atoms with Gasteiger partial charge in [0.05, 0.1) is 31.2 Å². The second-order valence-corrected chi connectivity index (χ2v) is 11.0. The van der Waals surface area contributed by atoms with Crippen LogP contribution in [0.25, 0.3) is 10.9 Å². The molecule has 0 bridgehead atoms. The van der Waals surface area contributed by atoms with Crippen molar-refractivity contribution in [3.63, 3.8) is 0 Å². The molecule has 1 aliphatic carbocycles. The highest BCUT2D eigenvalue weighted by atomic mass is 127. The molecule has 2 atom stereocenters. The molecule has 1 aromatic carbocycles. The zero-order valence-electron chi connectivity index (χ0n) is 21.4. The number of hydrogen-bond donors (Lipinski definition) is 2. The zero-order valence-corrected chi connectivity index (χ0v) is 23.6. The first-order valence-electron chi connectivity index (χ1n) is 12.2. The van der Waals surface area contributed by atoms with E-state index in [9.17, 15) is 4.79 Å². The van der Waals surface area contributed by atoms with Crippen molar-refractivity contribution < 1.29 is 19.0 Å². The molecule has 3 aromatic rings. The van der Waals surface area contributed by atoms with Crippen molar-refractivity contribution in [1.29, 1.82) is 0 Å². The van der Waals surface area contributed by atoms with Crippen molar-refractivity contribution in [2.24, 2.45) is 0 Å². The Bertz CT molecular complexity index is 1220. The molecular weight excluding hydrogens is 573 g/mol. The number of fused-ring (bicyclic) bond motifs is 1. The molecule has 1 aliphatic rings. The Labute approximate surface area is 225 Å². The molecule has 1 fully saturated rings. The summed E-state index contributed by atoms with van der Waals surface area (Å²) in [5, 5.41) is 12.4. The van der Waals surface area contributed by atoms with Crippen molar-refractivity contribution in [1.82, 2.24) is 20.1 Å². The van der Waals surface area contributed by atoms with Crippen LogP contribution in [0.15, 0.2) is 30.5 Å². The van der Waals surface area contributed by atoms with E-state index in [1.165, 1.54) is 0 Å². The van der Waals surface area contributed by atoms with Gasteiger partial charge in [-0.05, 0) is 87.2 Å². The maximum Gasteiger partial charge on any atom is 0.407 e. The summed E-state index contributed by atoms with van der Waals surface area (Å²) in [6, 6.07) is 8.02. The topological polar surface area (TPSA) is 99.5 Å². The normalized spacial score (nSPS) is 18.1. The van der Waals surface area contributed by atoms with Crippen molar-refractivity contribution in [2.75, 3.05) is 19.5 Å². The minimum absolute atomic E-state index is 0.0532. The fourth-order valence-corrected chi connectivity index (χ4v) is 5.39. The Morgan fingerprint density at radius 1 is 1.19 bits per heavy atom. The monoisotopic (exact) mass is 607 g/mol. The van der Waals surface area contributed by atoms with Crippen LogP contribution in [0.3, 0.4) is 0 Å². The molecule has 1 saturated carbocycles. The van der Waals surface area contributed by atoms with Crippen LogP contribution in [0.5, 0.6) is 11.5 Å². The largest absolute Gasteiger partial charge is 0.497 e. The van der Waals surface area contributed by atoms with Crippen LogP contribution < -0.4 is 20.1 Å². The van der Waals surface area contributed by atoms with Gasteiger partial charge in [0.15, 0.2) is 0 Å². The summed E-state index contributed by atoms with van der Waals surface area (Å²) in [5.41, 5.74) is 1.52. The molecule has 0 spiro atoms. The number of pyridine rings is 1. The maximum atomic E-state index is 12.3. The number of ether oxygens (including phenoxy) is 3. The summed E-state index contributed by atoms with van der Waals surface area (Å²) in [7, 11) is 3.29. The Balaban J connectivity index is 1.52. The Kier molecular flexibility index (Phi) is 8.11. The molecule has 36 heavy (non-hydrogen) atoms. The number of anilines is 1. The summed E-state index contributed by atoms with van der Waals surface area (Å²) >= 11 is 2.28. The first-order valence-corrected chi connectivity index (χ1v) is 13.2. The summed E-state index contributed by atoms with van der Waals surface area (Å²) in [6.07, 6.45) is 5.20. The van der Waals surface area contributed by atoms with Gasteiger partial charge in [0, 0.05) is 30.4 Å². The summed E-state index contributed by atoms with van der Waals surface area (Å²) in [5.74, 6) is 2.28. The summed E-state index contributed by atoms with van der Waals surface area (Å²) in [6.45, 7) is 6.17. The highest BCUT2D eigenvalue weighted by molar-refractivity contribution is 14.1. The minimum atomic E-state index is -0.515. The number of amides is 1. The SMILES string of the molecule is COc1ccc(CNc2nccc3c2c(I)nn3[C@@H]2CCC[C@@H](NC(=O)OC(C)(C)C)C2)c(OC)c1. The van der Waals surface area contributed by atoms with E-state index in [-0.39, 0.29) is 18.2 Å². The Morgan fingerprint density at radius 2 is 2.00 bits per heavy atom. The molecule has 4 rings (SSSR count). The first kappa shape index (κ1) is 26.3. The summed E-state index contributed by atoms with van der Waals surface area (Å²) in [4.78, 5) is 16.9. The number of alkyl carbamates (subject to hydrolysis) is 1. The van der Waals surface area contributed by atoms with E-state index in [1.54, 1.807) is 14.2 Å². The molecule has 2 aromatic heterocycles. The molecule has 0 radical (unpaired) electrons. The molecule has 194 valence electrons. The fraction of sp³-hybridized carbons (Fsp3) is 0.500. The quantitative estimate of drug-likeness (QED) is 0.334. The van der Waals surface area contributed by atoms with E-state index >= 15 is 0 Å². The van der Waals surface area contributed by atoms with Crippen LogP contribution in [-0.2, 0) is 11.3 Å². The number of carbonyl (C=O) groups excluding carboxylic acids is 1. The van der Waals surface area contributed by atoms with Crippen LogP contribution in [0, 0.1) is 3.70 Å². The van der Waals surface area contributed by atoms with E-state index in [4.69, 9.17) is 19.3 Å². The van der Waals surface area contributed by atoms with E-state index in [1.807, 2.05) is 51.2 Å². The van der Waals surface area contributed by atoms with Gasteiger partial charge in [-0.2, -0.15) is 5.10 Å². The zero-order chi connectivity index (χ0) is 25.9. The molecule has 0 unspecified atom stereocenters. The lowest BCUT2D eigenvalue weighted by molar-refractivity contribution is 0.0485. The van der Waals surface area contributed by atoms with Crippen LogP contribution in [0.2, 0.25) is 0 Å². The van der Waals surface area contributed by atoms with Gasteiger partial charge in [-0.1, -0.05) is 0 Å². The number of hydrogen-bond acceptors (Lipinski definition) is 7. The van der Waals surface area contributed by atoms with Gasteiger partial charge < -0.3 is 24.8 Å². The van der Waals surface area contributed by atoms with Crippen molar-refractivity contribution >= 4 is 45.4 Å². The highest BCUT2D eigenvalue weighted by Gasteiger charge is 2.28. The lowest BCUT2D eigenvalue weighted by Gasteiger charge is -2.31. The average Bonchev–Trinajstić information content (AvgIpc) is 3.18. The molecule has 0 saturated heterocycles. The summed E-state index contributed by atoms with van der Waals surface area (Å²) < 4.78 is 19.3. The van der Waals surface area contributed by atoms with Gasteiger partial charge in [0.1, 0.15) is 26.6 Å². The number of aromatic nitrogens is 3. The number of nitrogens with zero attached hydrogens (tertiary/aromatic N) is 3. The number of nitrogens with one attached hydrogen (secondary N) is 2. The van der Waals surface area contributed by atoms with Crippen molar-refractivity contribution in [3.05, 3.63) is 39.7 Å². The second-order valence-electron chi connectivity index (χ2n) is 9.98. The Morgan fingerprint density at radius 3 is 2.72 bits per heavy atom. The third kappa shape index (κ3) is 6.13. The molecule has 2 N–H and O–H groups in total. The second kappa shape index (κ2) is 11.1. The van der Waals surface area contributed by atoms with E-state index in [0.29, 0.717) is 6.54 Å². The molecule has 1 amide bonds. The lowest BCUT2D eigenvalue weighted by Crippen LogP contribution is -2.41. The van der Waals surface area contributed by atoms with Crippen LogP contribution in [-0.4, -0.2) is 46.7 Å². The van der Waals surface area contributed by atoms with Gasteiger partial charge in [0.25, 0.3) is 0 Å². The van der Waals surface area contributed by atoms with Crippen molar-refractivity contribution in [3.8, 4) is 11.5 Å². The minimum Gasteiger partial charge on any atom is -0.497 e. The fourth-order valence-electron chi connectivity index (χ4n) is 4.63. The Hall–Kier alpha value is -2.76. The standard InChI is InChI=1S/C26H34IN5O4/c1-26(2,3)36-25(33)30-17-7-6-8-18(13-17)32-20-11-12-28-24(22(20)23(27)31-32)29-15-16-9-10-19(34-4)14-21(16)35-5/h9-12,14,17-18H,6-8,13,15H2,1-5H3,(H,28,29)(H,30,33)/t17-,18-/m1/s1. The number of halogens is 1. The van der Waals surface area contributed by atoms with Gasteiger partial charge in [-0.3, -0.25) is 4.68 Å². The lowest BCUT2D eigenvalue weighted by atomic mass is 9.91. The smallest absolute Gasteiger partial charge is 0.407 e. The molecule has 9 nitrogen and oxygen atoms in total. The predicted molar refractivity (Wildman–Crippen MR) is 148 cm³/mol. The number of rotatable bonds is 7.